The van der Waals surface area contributed by atoms with E-state index < -0.39 is 0 Å². The molecule has 4 nitrogen and oxygen atoms in total. The highest BCUT2D eigenvalue weighted by molar-refractivity contribution is 4.73. The van der Waals surface area contributed by atoms with Crippen LogP contribution in [0.25, 0.3) is 0 Å². The van der Waals surface area contributed by atoms with Gasteiger partial charge in [0.25, 0.3) is 0 Å². The monoisotopic (exact) mass is 245 g/mol. The molecule has 1 saturated carbocycles. The van der Waals surface area contributed by atoms with Gasteiger partial charge in [-0.25, -0.2) is 0 Å². The third kappa shape index (κ3) is 7.71. The minimum Gasteiger partial charge on any atom is -0.393 e. The number of nitrogens with one attached hydrogen (secondary N) is 1. The largest absolute Gasteiger partial charge is 0.393 e. The van der Waals surface area contributed by atoms with Crippen LogP contribution >= 0.6 is 0 Å². The van der Waals surface area contributed by atoms with Crippen molar-refractivity contribution in [2.24, 2.45) is 5.92 Å². The van der Waals surface area contributed by atoms with Gasteiger partial charge in [-0.15, -0.1) is 0 Å². The molecule has 0 aromatic carbocycles. The molecule has 102 valence electrons. The number of rotatable bonds is 9. The van der Waals surface area contributed by atoms with Crippen molar-refractivity contribution in [3.8, 4) is 0 Å². The summed E-state index contributed by atoms with van der Waals surface area (Å²) in [6.45, 7) is 4.19. The van der Waals surface area contributed by atoms with E-state index in [9.17, 15) is 5.11 Å². The van der Waals surface area contributed by atoms with Crippen LogP contribution in [-0.2, 0) is 9.47 Å². The van der Waals surface area contributed by atoms with Crippen LogP contribution in [0.5, 0.6) is 0 Å². The maximum absolute atomic E-state index is 9.54. The summed E-state index contributed by atoms with van der Waals surface area (Å²) in [6, 6.07) is 0. The number of methoxy groups -OCH3 is 1. The van der Waals surface area contributed by atoms with E-state index in [1.807, 2.05) is 0 Å². The molecule has 17 heavy (non-hydrogen) atoms. The Morgan fingerprint density at radius 1 is 1.24 bits per heavy atom. The van der Waals surface area contributed by atoms with E-state index in [-0.39, 0.29) is 6.10 Å². The van der Waals surface area contributed by atoms with E-state index in [1.165, 1.54) is 12.8 Å². The van der Waals surface area contributed by atoms with Gasteiger partial charge in [-0.2, -0.15) is 0 Å². The first-order chi connectivity index (χ1) is 8.33. The summed E-state index contributed by atoms with van der Waals surface area (Å²) >= 11 is 0. The van der Waals surface area contributed by atoms with Gasteiger partial charge in [0.15, 0.2) is 0 Å². The molecular formula is C13H27NO3. The molecule has 1 rings (SSSR count). The highest BCUT2D eigenvalue weighted by Crippen LogP contribution is 2.23. The van der Waals surface area contributed by atoms with Crippen LogP contribution in [0, 0.1) is 5.92 Å². The zero-order chi connectivity index (χ0) is 12.3. The van der Waals surface area contributed by atoms with Gasteiger partial charge in [-0.05, 0) is 44.7 Å². The molecule has 0 heterocycles. The molecule has 0 aliphatic heterocycles. The molecule has 0 amide bonds. The van der Waals surface area contributed by atoms with E-state index in [4.69, 9.17) is 9.47 Å². The first-order valence-electron chi connectivity index (χ1n) is 6.78. The Kier molecular flexibility index (Phi) is 8.61. The van der Waals surface area contributed by atoms with E-state index >= 15 is 0 Å². The summed E-state index contributed by atoms with van der Waals surface area (Å²) in [6.07, 6.45) is 5.37. The molecule has 2 unspecified atom stereocenters. The van der Waals surface area contributed by atoms with Crippen LogP contribution in [-0.4, -0.2) is 51.2 Å². The minimum atomic E-state index is -0.0621. The number of ether oxygens (including phenoxy) is 2. The van der Waals surface area contributed by atoms with E-state index in [1.54, 1.807) is 7.11 Å². The molecule has 0 spiro atoms. The molecule has 2 N–H and O–H groups in total. The second-order valence-corrected chi connectivity index (χ2v) is 4.85. The Hall–Kier alpha value is -0.160. The van der Waals surface area contributed by atoms with Crippen LogP contribution in [0.2, 0.25) is 0 Å². The first kappa shape index (κ1) is 14.9. The highest BCUT2D eigenvalue weighted by Gasteiger charge is 2.19. The van der Waals surface area contributed by atoms with Crippen LogP contribution < -0.4 is 5.32 Å². The lowest BCUT2D eigenvalue weighted by Crippen LogP contribution is -2.30. The average Bonchev–Trinajstić information content (AvgIpc) is 2.33. The predicted molar refractivity (Wildman–Crippen MR) is 68.1 cm³/mol. The number of aliphatic hydroxyl groups excluding tert-OH is 1. The Morgan fingerprint density at radius 3 is 2.88 bits per heavy atom. The Bertz CT molecular complexity index is 178. The van der Waals surface area contributed by atoms with E-state index in [0.29, 0.717) is 19.1 Å². The zero-order valence-electron chi connectivity index (χ0n) is 11.0. The summed E-state index contributed by atoms with van der Waals surface area (Å²) in [5, 5.41) is 13.0. The van der Waals surface area contributed by atoms with Crippen molar-refractivity contribution in [1.82, 2.24) is 5.32 Å². The van der Waals surface area contributed by atoms with Gasteiger partial charge in [0.05, 0.1) is 19.3 Å². The normalized spacial score (nSPS) is 25.1. The molecule has 0 bridgehead atoms. The highest BCUT2D eigenvalue weighted by atomic mass is 16.5. The number of aliphatic hydroxyl groups is 1. The van der Waals surface area contributed by atoms with Crippen LogP contribution in [0.3, 0.4) is 0 Å². The van der Waals surface area contributed by atoms with Gasteiger partial charge in [0.2, 0.25) is 0 Å². The van der Waals surface area contributed by atoms with Gasteiger partial charge in [-0.3, -0.25) is 0 Å². The summed E-state index contributed by atoms with van der Waals surface area (Å²) in [5.41, 5.74) is 0. The molecule has 0 aromatic heterocycles. The molecule has 1 fully saturated rings. The second kappa shape index (κ2) is 9.83. The predicted octanol–water partition coefficient (Wildman–Crippen LogP) is 1.18. The fraction of sp³-hybridized carbons (Fsp3) is 1.00. The van der Waals surface area contributed by atoms with Crippen molar-refractivity contribution >= 4 is 0 Å². The Labute approximate surface area is 105 Å². The lowest BCUT2D eigenvalue weighted by Gasteiger charge is -2.25. The molecule has 0 saturated heterocycles. The minimum absolute atomic E-state index is 0.0621. The fourth-order valence-electron chi connectivity index (χ4n) is 2.30. The maximum atomic E-state index is 9.54. The SMILES string of the molecule is COCCOCCCNCC1CCCC(O)C1. The third-order valence-electron chi connectivity index (χ3n) is 3.26. The molecule has 1 aliphatic carbocycles. The van der Waals surface area contributed by atoms with Crippen LogP contribution in [0.1, 0.15) is 32.1 Å². The van der Waals surface area contributed by atoms with Crippen molar-refractivity contribution in [1.29, 1.82) is 0 Å². The summed E-state index contributed by atoms with van der Waals surface area (Å²) in [5.74, 6) is 0.660. The Morgan fingerprint density at radius 2 is 2.12 bits per heavy atom. The van der Waals surface area contributed by atoms with E-state index in [2.05, 4.69) is 5.32 Å². The van der Waals surface area contributed by atoms with Crippen molar-refractivity contribution in [3.63, 3.8) is 0 Å². The fourth-order valence-corrected chi connectivity index (χ4v) is 2.30. The summed E-state index contributed by atoms with van der Waals surface area (Å²) in [7, 11) is 1.68. The quantitative estimate of drug-likeness (QED) is 0.599. The number of hydrogen-bond donors (Lipinski definition) is 2. The standard InChI is InChI=1S/C13H27NO3/c1-16-8-9-17-7-3-6-14-11-12-4-2-5-13(15)10-12/h12-15H,2-11H2,1H3. The average molecular weight is 245 g/mol. The van der Waals surface area contributed by atoms with Gasteiger partial charge >= 0.3 is 0 Å². The Balaban J connectivity index is 1.83. The van der Waals surface area contributed by atoms with Gasteiger partial charge in [-0.1, -0.05) is 6.42 Å². The maximum Gasteiger partial charge on any atom is 0.0700 e. The topological polar surface area (TPSA) is 50.7 Å². The first-order valence-corrected chi connectivity index (χ1v) is 6.78. The molecule has 0 aromatic rings. The van der Waals surface area contributed by atoms with E-state index in [0.717, 1.165) is 39.0 Å². The van der Waals surface area contributed by atoms with Gasteiger partial charge in [0.1, 0.15) is 0 Å². The van der Waals surface area contributed by atoms with Crippen LogP contribution in [0.15, 0.2) is 0 Å². The van der Waals surface area contributed by atoms with Crippen molar-refractivity contribution in [3.05, 3.63) is 0 Å². The van der Waals surface area contributed by atoms with Gasteiger partial charge in [0, 0.05) is 13.7 Å². The van der Waals surface area contributed by atoms with Crippen molar-refractivity contribution < 1.29 is 14.6 Å². The molecule has 1 aliphatic rings. The summed E-state index contributed by atoms with van der Waals surface area (Å²) in [4.78, 5) is 0. The lowest BCUT2D eigenvalue weighted by atomic mass is 9.87. The zero-order valence-corrected chi connectivity index (χ0v) is 11.0. The van der Waals surface area contributed by atoms with Gasteiger partial charge < -0.3 is 19.9 Å². The third-order valence-corrected chi connectivity index (χ3v) is 3.26. The van der Waals surface area contributed by atoms with Crippen LogP contribution in [0.4, 0.5) is 0 Å². The molecule has 2 atom stereocenters. The molecule has 4 heteroatoms. The molecular weight excluding hydrogens is 218 g/mol. The second-order valence-electron chi connectivity index (χ2n) is 4.85. The van der Waals surface area contributed by atoms with Crippen molar-refractivity contribution in [2.75, 3.05) is 40.0 Å². The smallest absolute Gasteiger partial charge is 0.0700 e. The summed E-state index contributed by atoms with van der Waals surface area (Å²) < 4.78 is 10.3. The lowest BCUT2D eigenvalue weighted by molar-refractivity contribution is 0.0689. The van der Waals surface area contributed by atoms with Crippen molar-refractivity contribution in [2.45, 2.75) is 38.2 Å². The molecule has 0 radical (unpaired) electrons. The number of hydrogen-bond acceptors (Lipinski definition) is 4.